The minimum absolute atomic E-state index is 0.352. The van der Waals surface area contributed by atoms with E-state index >= 15 is 0 Å². The standard InChI is InChI=1S/C16H23NO2/c1-16(2)8-12(9-16)13(17-3)6-11-4-5-14-15(7-11)19-10-18-14/h4-5,7,12-13,17H,6,8-10H2,1-3H3. The van der Waals surface area contributed by atoms with Crippen LogP contribution < -0.4 is 14.8 Å². The molecule has 3 rings (SSSR count). The van der Waals surface area contributed by atoms with Gasteiger partial charge in [0.2, 0.25) is 6.79 Å². The van der Waals surface area contributed by atoms with Crippen molar-refractivity contribution in [3.05, 3.63) is 23.8 Å². The lowest BCUT2D eigenvalue weighted by molar-refractivity contribution is 0.0669. The number of ether oxygens (including phenoxy) is 2. The molecule has 1 heterocycles. The summed E-state index contributed by atoms with van der Waals surface area (Å²) in [6.07, 6.45) is 3.71. The van der Waals surface area contributed by atoms with Crippen LogP contribution in [0.25, 0.3) is 0 Å². The van der Waals surface area contributed by atoms with Crippen molar-refractivity contribution in [1.29, 1.82) is 0 Å². The molecule has 0 radical (unpaired) electrons. The average molecular weight is 261 g/mol. The zero-order valence-corrected chi connectivity index (χ0v) is 12.0. The summed E-state index contributed by atoms with van der Waals surface area (Å²) in [5, 5.41) is 3.49. The normalized spacial score (nSPS) is 22.1. The monoisotopic (exact) mass is 261 g/mol. The molecular weight excluding hydrogens is 238 g/mol. The van der Waals surface area contributed by atoms with Crippen LogP contribution in [0.15, 0.2) is 18.2 Å². The number of nitrogens with one attached hydrogen (secondary N) is 1. The second-order valence-corrected chi connectivity index (χ2v) is 6.62. The van der Waals surface area contributed by atoms with E-state index in [4.69, 9.17) is 9.47 Å². The van der Waals surface area contributed by atoms with Gasteiger partial charge in [0.1, 0.15) is 0 Å². The van der Waals surface area contributed by atoms with Crippen LogP contribution in [0.3, 0.4) is 0 Å². The van der Waals surface area contributed by atoms with Crippen LogP contribution >= 0.6 is 0 Å². The molecule has 3 heteroatoms. The Kier molecular flexibility index (Phi) is 3.17. The molecule has 1 fully saturated rings. The third-order valence-corrected chi connectivity index (χ3v) is 4.46. The van der Waals surface area contributed by atoms with Crippen molar-refractivity contribution in [3.8, 4) is 11.5 Å². The highest BCUT2D eigenvalue weighted by Gasteiger charge is 2.39. The van der Waals surface area contributed by atoms with E-state index in [1.54, 1.807) is 0 Å². The molecule has 1 aliphatic carbocycles. The first-order valence-electron chi connectivity index (χ1n) is 7.13. The largest absolute Gasteiger partial charge is 0.454 e. The van der Waals surface area contributed by atoms with Crippen molar-refractivity contribution >= 4 is 0 Å². The molecule has 0 bridgehead atoms. The Morgan fingerprint density at radius 1 is 1.26 bits per heavy atom. The highest BCUT2D eigenvalue weighted by Crippen LogP contribution is 2.47. The molecule has 104 valence electrons. The summed E-state index contributed by atoms with van der Waals surface area (Å²) in [5.41, 5.74) is 1.86. The Hall–Kier alpha value is -1.22. The second kappa shape index (κ2) is 4.71. The molecule has 1 aromatic carbocycles. The van der Waals surface area contributed by atoms with Gasteiger partial charge in [-0.25, -0.2) is 0 Å². The van der Waals surface area contributed by atoms with Gasteiger partial charge < -0.3 is 14.8 Å². The highest BCUT2D eigenvalue weighted by atomic mass is 16.7. The molecular formula is C16H23NO2. The quantitative estimate of drug-likeness (QED) is 0.904. The maximum absolute atomic E-state index is 5.45. The Morgan fingerprint density at radius 3 is 2.68 bits per heavy atom. The molecule has 1 saturated carbocycles. The summed E-state index contributed by atoms with van der Waals surface area (Å²) in [4.78, 5) is 0. The molecule has 3 nitrogen and oxygen atoms in total. The Balaban J connectivity index is 1.66. The van der Waals surface area contributed by atoms with E-state index in [0.717, 1.165) is 23.8 Å². The van der Waals surface area contributed by atoms with Crippen LogP contribution in [-0.4, -0.2) is 19.9 Å². The van der Waals surface area contributed by atoms with Crippen LogP contribution in [0.4, 0.5) is 0 Å². The van der Waals surface area contributed by atoms with Crippen LogP contribution in [0, 0.1) is 11.3 Å². The molecule has 1 atom stereocenters. The second-order valence-electron chi connectivity index (χ2n) is 6.62. The topological polar surface area (TPSA) is 30.5 Å². The van der Waals surface area contributed by atoms with E-state index in [0.29, 0.717) is 18.2 Å². The van der Waals surface area contributed by atoms with Gasteiger partial charge in [-0.3, -0.25) is 0 Å². The molecule has 19 heavy (non-hydrogen) atoms. The fourth-order valence-electron chi connectivity index (χ4n) is 3.47. The zero-order valence-electron chi connectivity index (χ0n) is 12.0. The highest BCUT2D eigenvalue weighted by molar-refractivity contribution is 5.44. The summed E-state index contributed by atoms with van der Waals surface area (Å²) < 4.78 is 10.8. The first kappa shape index (κ1) is 12.8. The number of fused-ring (bicyclic) bond motifs is 1. The van der Waals surface area contributed by atoms with Gasteiger partial charge in [0.25, 0.3) is 0 Å². The lowest BCUT2D eigenvalue weighted by Crippen LogP contribution is -2.45. The van der Waals surface area contributed by atoms with Crippen LogP contribution in [-0.2, 0) is 6.42 Å². The van der Waals surface area contributed by atoms with Crippen LogP contribution in [0.2, 0.25) is 0 Å². The number of rotatable bonds is 4. The molecule has 1 aromatic rings. The van der Waals surface area contributed by atoms with Crippen molar-refractivity contribution in [2.75, 3.05) is 13.8 Å². The van der Waals surface area contributed by atoms with E-state index in [1.165, 1.54) is 18.4 Å². The van der Waals surface area contributed by atoms with Gasteiger partial charge in [-0.05, 0) is 55.3 Å². The van der Waals surface area contributed by atoms with Gasteiger partial charge in [-0.1, -0.05) is 19.9 Å². The van der Waals surface area contributed by atoms with Crippen molar-refractivity contribution < 1.29 is 9.47 Å². The van der Waals surface area contributed by atoms with Crippen molar-refractivity contribution in [1.82, 2.24) is 5.32 Å². The summed E-state index contributed by atoms with van der Waals surface area (Å²) in [7, 11) is 2.07. The van der Waals surface area contributed by atoms with Gasteiger partial charge in [-0.2, -0.15) is 0 Å². The number of benzene rings is 1. The lowest BCUT2D eigenvalue weighted by Gasteiger charge is -2.46. The molecule has 0 saturated heterocycles. The Bertz CT molecular complexity index is 462. The third-order valence-electron chi connectivity index (χ3n) is 4.46. The molecule has 2 aliphatic rings. The van der Waals surface area contributed by atoms with Crippen LogP contribution in [0.1, 0.15) is 32.3 Å². The molecule has 0 amide bonds. The van der Waals surface area contributed by atoms with Gasteiger partial charge in [-0.15, -0.1) is 0 Å². The smallest absolute Gasteiger partial charge is 0.231 e. The molecule has 0 spiro atoms. The molecule has 0 aromatic heterocycles. The maximum atomic E-state index is 5.45. The maximum Gasteiger partial charge on any atom is 0.231 e. The molecule has 1 aliphatic heterocycles. The predicted octanol–water partition coefficient (Wildman–Crippen LogP) is 2.98. The van der Waals surface area contributed by atoms with Crippen molar-refractivity contribution in [3.63, 3.8) is 0 Å². The van der Waals surface area contributed by atoms with Crippen molar-refractivity contribution in [2.45, 2.75) is 39.2 Å². The van der Waals surface area contributed by atoms with E-state index < -0.39 is 0 Å². The van der Waals surface area contributed by atoms with Gasteiger partial charge >= 0.3 is 0 Å². The minimum Gasteiger partial charge on any atom is -0.454 e. The summed E-state index contributed by atoms with van der Waals surface area (Å²) >= 11 is 0. The van der Waals surface area contributed by atoms with Gasteiger partial charge in [0, 0.05) is 6.04 Å². The molecule has 1 unspecified atom stereocenters. The zero-order chi connectivity index (χ0) is 13.5. The van der Waals surface area contributed by atoms with E-state index in [9.17, 15) is 0 Å². The number of likely N-dealkylation sites (N-methyl/N-ethyl adjacent to an activating group) is 1. The summed E-state index contributed by atoms with van der Waals surface area (Å²) in [5.74, 6) is 2.56. The number of hydrogen-bond donors (Lipinski definition) is 1. The first-order chi connectivity index (χ1) is 9.07. The number of hydrogen-bond acceptors (Lipinski definition) is 3. The Labute approximate surface area is 115 Å². The Morgan fingerprint density at radius 2 is 2.00 bits per heavy atom. The van der Waals surface area contributed by atoms with E-state index in [2.05, 4.69) is 38.3 Å². The fraction of sp³-hybridized carbons (Fsp3) is 0.625. The summed E-state index contributed by atoms with van der Waals surface area (Å²) in [6.45, 7) is 5.07. The minimum atomic E-state index is 0.352. The predicted molar refractivity (Wildman–Crippen MR) is 75.6 cm³/mol. The average Bonchev–Trinajstić information content (AvgIpc) is 2.80. The third kappa shape index (κ3) is 2.57. The van der Waals surface area contributed by atoms with E-state index in [-0.39, 0.29) is 0 Å². The summed E-state index contributed by atoms with van der Waals surface area (Å²) in [6, 6.07) is 6.86. The fourth-order valence-corrected chi connectivity index (χ4v) is 3.47. The van der Waals surface area contributed by atoms with Gasteiger partial charge in [0.05, 0.1) is 0 Å². The van der Waals surface area contributed by atoms with E-state index in [1.807, 2.05) is 6.07 Å². The SMILES string of the molecule is CNC(Cc1ccc2c(c1)OCO2)C1CC(C)(C)C1. The molecule has 1 N–H and O–H groups in total. The van der Waals surface area contributed by atoms with Crippen LogP contribution in [0.5, 0.6) is 11.5 Å². The van der Waals surface area contributed by atoms with Gasteiger partial charge in [0.15, 0.2) is 11.5 Å². The first-order valence-corrected chi connectivity index (χ1v) is 7.13. The lowest BCUT2D eigenvalue weighted by atomic mass is 9.61. The van der Waals surface area contributed by atoms with Crippen molar-refractivity contribution in [2.24, 2.45) is 11.3 Å².